The standard InChI is InChI=1S/C26H21ClN2O4S2/c1-33-14-8-2-11(3-9-14)17-18-15-10-16(21(18)34-23-22(17)35-26(32)28-23)20-19(15)24(30)29(25(20)31)13-6-4-12(27)5-7-13/h2-9,15-21H,10H2,1H3,(H,28,32)/t15-,16+,17+,18+,19+,20+,21-/m0/s1. The number of hydrogen-bond donors (Lipinski definition) is 1. The van der Waals surface area contributed by atoms with Crippen molar-refractivity contribution in [2.45, 2.75) is 22.6 Å². The summed E-state index contributed by atoms with van der Waals surface area (Å²) < 4.78 is 5.36. The number of aromatic nitrogens is 1. The topological polar surface area (TPSA) is 79.5 Å². The van der Waals surface area contributed by atoms with Gasteiger partial charge in [-0.2, -0.15) is 0 Å². The molecular formula is C26H21ClN2O4S2. The summed E-state index contributed by atoms with van der Waals surface area (Å²) in [5.74, 6) is 0.346. The van der Waals surface area contributed by atoms with Crippen LogP contribution in [-0.4, -0.2) is 29.2 Å². The number of carbonyl (C=O) groups excluding carboxylic acids is 2. The van der Waals surface area contributed by atoms with Gasteiger partial charge < -0.3 is 9.72 Å². The lowest BCUT2D eigenvalue weighted by atomic mass is 9.68. The molecule has 3 heterocycles. The summed E-state index contributed by atoms with van der Waals surface area (Å²) in [6.45, 7) is 0. The molecule has 2 aromatic carbocycles. The number of thioether (sulfide) groups is 1. The first kappa shape index (κ1) is 21.7. The normalized spacial score (nSPS) is 32.5. The fourth-order valence-corrected chi connectivity index (χ4v) is 10.1. The number of amides is 2. The molecule has 0 spiro atoms. The summed E-state index contributed by atoms with van der Waals surface area (Å²) >= 11 is 9.01. The third-order valence-corrected chi connectivity index (χ3v) is 11.1. The molecule has 2 aliphatic heterocycles. The van der Waals surface area contributed by atoms with Gasteiger partial charge in [-0.1, -0.05) is 35.1 Å². The van der Waals surface area contributed by atoms with Gasteiger partial charge >= 0.3 is 4.87 Å². The van der Waals surface area contributed by atoms with Gasteiger partial charge in [0.2, 0.25) is 11.8 Å². The van der Waals surface area contributed by atoms with Crippen LogP contribution in [0, 0.1) is 29.6 Å². The van der Waals surface area contributed by atoms with Crippen molar-refractivity contribution in [2.75, 3.05) is 12.0 Å². The van der Waals surface area contributed by atoms with Crippen molar-refractivity contribution in [2.24, 2.45) is 29.6 Å². The molecule has 2 saturated carbocycles. The molecule has 3 fully saturated rings. The molecule has 1 aromatic heterocycles. The second-order valence-electron chi connectivity index (χ2n) is 9.72. The Morgan fingerprint density at radius 3 is 2.34 bits per heavy atom. The molecule has 7 atom stereocenters. The molecule has 1 saturated heterocycles. The number of nitrogens with zero attached hydrogens (tertiary/aromatic N) is 1. The zero-order chi connectivity index (χ0) is 24.0. The molecule has 2 bridgehead atoms. The second-order valence-corrected chi connectivity index (χ2v) is 12.4. The van der Waals surface area contributed by atoms with Gasteiger partial charge in [-0.3, -0.25) is 19.3 Å². The number of benzene rings is 2. The molecule has 4 aliphatic rings. The number of aromatic amines is 1. The van der Waals surface area contributed by atoms with Crippen LogP contribution in [0.25, 0.3) is 0 Å². The van der Waals surface area contributed by atoms with Gasteiger partial charge in [0.25, 0.3) is 0 Å². The van der Waals surface area contributed by atoms with E-state index in [9.17, 15) is 14.4 Å². The lowest BCUT2D eigenvalue weighted by molar-refractivity contribution is -0.123. The number of methoxy groups -OCH3 is 1. The van der Waals surface area contributed by atoms with Crippen LogP contribution in [-0.2, 0) is 9.59 Å². The zero-order valence-electron chi connectivity index (χ0n) is 18.6. The molecule has 0 unspecified atom stereocenters. The van der Waals surface area contributed by atoms with E-state index < -0.39 is 0 Å². The van der Waals surface area contributed by atoms with Gasteiger partial charge in [-0.25, -0.2) is 0 Å². The highest BCUT2D eigenvalue weighted by Crippen LogP contribution is 2.68. The van der Waals surface area contributed by atoms with Gasteiger partial charge in [0.1, 0.15) is 5.75 Å². The monoisotopic (exact) mass is 524 g/mol. The SMILES string of the molecule is COc1ccc([C@H]2c3sc(=O)[nH]c3S[C@H]3[C@@H]4C[C@H]([C@H]5C(=O)N(c6ccc(Cl)cc6)C(=O)[C@H]45)[C@H]23)cc1. The predicted octanol–water partition coefficient (Wildman–Crippen LogP) is 4.78. The van der Waals surface area contributed by atoms with Crippen molar-refractivity contribution in [1.82, 2.24) is 4.98 Å². The first-order valence-electron chi connectivity index (χ1n) is 11.6. The van der Waals surface area contributed by atoms with E-state index in [1.807, 2.05) is 12.1 Å². The quantitative estimate of drug-likeness (QED) is 0.499. The number of rotatable bonds is 3. The Bertz CT molecular complexity index is 1420. The van der Waals surface area contributed by atoms with Crippen LogP contribution in [0.2, 0.25) is 5.02 Å². The second kappa shape index (κ2) is 7.72. The zero-order valence-corrected chi connectivity index (χ0v) is 21.0. The third kappa shape index (κ3) is 2.99. The highest BCUT2D eigenvalue weighted by molar-refractivity contribution is 8.00. The van der Waals surface area contributed by atoms with Gasteiger partial charge in [-0.15, -0.1) is 11.8 Å². The summed E-state index contributed by atoms with van der Waals surface area (Å²) in [6.07, 6.45) is 0.870. The van der Waals surface area contributed by atoms with E-state index in [1.165, 1.54) is 16.2 Å². The number of carbonyl (C=O) groups is 2. The number of nitrogens with one attached hydrogen (secondary N) is 1. The van der Waals surface area contributed by atoms with Gasteiger partial charge in [0.15, 0.2) is 0 Å². The summed E-state index contributed by atoms with van der Waals surface area (Å²) in [5.41, 5.74) is 1.71. The van der Waals surface area contributed by atoms with Crippen molar-refractivity contribution < 1.29 is 14.3 Å². The number of hydrogen-bond acceptors (Lipinski definition) is 6. The Balaban J connectivity index is 1.31. The molecule has 2 aliphatic carbocycles. The molecule has 3 aromatic rings. The van der Waals surface area contributed by atoms with Crippen molar-refractivity contribution >= 4 is 52.2 Å². The number of halogens is 1. The van der Waals surface area contributed by atoms with E-state index >= 15 is 0 Å². The Morgan fingerprint density at radius 2 is 1.66 bits per heavy atom. The minimum absolute atomic E-state index is 0.00883. The average Bonchev–Trinajstić information content (AvgIpc) is 3.59. The maximum absolute atomic E-state index is 13.7. The van der Waals surface area contributed by atoms with E-state index in [-0.39, 0.29) is 57.4 Å². The minimum atomic E-state index is -0.317. The molecule has 9 heteroatoms. The number of thiazole rings is 1. The molecule has 6 nitrogen and oxygen atoms in total. The lowest BCUT2D eigenvalue weighted by Gasteiger charge is -2.43. The summed E-state index contributed by atoms with van der Waals surface area (Å²) in [7, 11) is 1.64. The smallest absolute Gasteiger partial charge is 0.305 e. The molecule has 178 valence electrons. The third-order valence-electron chi connectivity index (χ3n) is 8.28. The first-order valence-corrected chi connectivity index (χ1v) is 13.7. The van der Waals surface area contributed by atoms with Crippen molar-refractivity contribution in [3.63, 3.8) is 0 Å². The number of anilines is 1. The molecule has 0 radical (unpaired) electrons. The average molecular weight is 525 g/mol. The molecule has 35 heavy (non-hydrogen) atoms. The Kier molecular flexibility index (Phi) is 4.79. The first-order chi connectivity index (χ1) is 17.0. The highest BCUT2D eigenvalue weighted by Gasteiger charge is 2.69. The van der Waals surface area contributed by atoms with E-state index in [0.29, 0.717) is 10.7 Å². The molecular weight excluding hydrogens is 504 g/mol. The van der Waals surface area contributed by atoms with Crippen LogP contribution in [0.15, 0.2) is 58.4 Å². The van der Waals surface area contributed by atoms with Crippen LogP contribution in [0.3, 0.4) is 0 Å². The maximum atomic E-state index is 13.7. The number of imide groups is 1. The van der Waals surface area contributed by atoms with Crippen LogP contribution < -0.4 is 14.5 Å². The van der Waals surface area contributed by atoms with E-state index in [0.717, 1.165) is 27.6 Å². The Morgan fingerprint density at radius 1 is 0.971 bits per heavy atom. The fraction of sp³-hybridized carbons (Fsp3) is 0.346. The number of ether oxygens (including phenoxy) is 1. The van der Waals surface area contributed by atoms with E-state index in [4.69, 9.17) is 16.3 Å². The van der Waals surface area contributed by atoms with Crippen LogP contribution in [0.1, 0.15) is 22.8 Å². The van der Waals surface area contributed by atoms with E-state index in [2.05, 4.69) is 17.1 Å². The van der Waals surface area contributed by atoms with Gasteiger partial charge in [0, 0.05) is 21.1 Å². The van der Waals surface area contributed by atoms with Gasteiger partial charge in [-0.05, 0) is 66.1 Å². The maximum Gasteiger partial charge on any atom is 0.305 e. The summed E-state index contributed by atoms with van der Waals surface area (Å²) in [5, 5.41) is 1.66. The minimum Gasteiger partial charge on any atom is -0.497 e. The predicted molar refractivity (Wildman–Crippen MR) is 135 cm³/mol. The van der Waals surface area contributed by atoms with Crippen LogP contribution in [0.5, 0.6) is 5.75 Å². The van der Waals surface area contributed by atoms with Crippen molar-refractivity contribution in [3.05, 3.63) is 73.7 Å². The van der Waals surface area contributed by atoms with E-state index in [1.54, 1.807) is 43.1 Å². The fourth-order valence-electron chi connectivity index (χ4n) is 7.05. The van der Waals surface area contributed by atoms with Crippen molar-refractivity contribution in [1.29, 1.82) is 0 Å². The van der Waals surface area contributed by atoms with Crippen molar-refractivity contribution in [3.8, 4) is 5.75 Å². The van der Waals surface area contributed by atoms with Crippen LogP contribution >= 0.6 is 34.7 Å². The summed E-state index contributed by atoms with van der Waals surface area (Å²) in [6, 6.07) is 14.9. The molecule has 1 N–H and O–H groups in total. The number of fused-ring (bicyclic) bond motifs is 9. The van der Waals surface area contributed by atoms with Crippen LogP contribution in [0.4, 0.5) is 5.69 Å². The molecule has 7 rings (SSSR count). The summed E-state index contributed by atoms with van der Waals surface area (Å²) in [4.78, 5) is 45.1. The largest absolute Gasteiger partial charge is 0.497 e. The molecule has 2 amide bonds. The Labute approximate surface area is 214 Å². The Hall–Kier alpha value is -2.55. The number of H-pyrrole nitrogens is 1. The lowest BCUT2D eigenvalue weighted by Crippen LogP contribution is -2.42. The van der Waals surface area contributed by atoms with Gasteiger partial charge in [0.05, 0.1) is 29.7 Å². The highest BCUT2D eigenvalue weighted by atomic mass is 35.5.